The average Bonchev–Trinajstić information content (AvgIpc) is 2.92. The van der Waals surface area contributed by atoms with Gasteiger partial charge in [0.1, 0.15) is 0 Å². The first-order valence-electron chi connectivity index (χ1n) is 6.72. The average molecular weight is 272 g/mol. The van der Waals surface area contributed by atoms with E-state index in [1.165, 1.54) is 0 Å². The van der Waals surface area contributed by atoms with Crippen LogP contribution in [0.25, 0.3) is 11.3 Å². The fourth-order valence-corrected chi connectivity index (χ4v) is 2.03. The van der Waals surface area contributed by atoms with E-state index in [1.807, 2.05) is 44.2 Å². The molecule has 0 aliphatic carbocycles. The van der Waals surface area contributed by atoms with E-state index >= 15 is 0 Å². The van der Waals surface area contributed by atoms with Crippen molar-refractivity contribution in [2.75, 3.05) is 5.32 Å². The summed E-state index contributed by atoms with van der Waals surface area (Å²) >= 11 is 0. The van der Waals surface area contributed by atoms with Crippen LogP contribution in [0.1, 0.15) is 20.3 Å². The van der Waals surface area contributed by atoms with Crippen molar-refractivity contribution in [3.8, 4) is 11.3 Å². The summed E-state index contributed by atoms with van der Waals surface area (Å²) < 4.78 is 0. The highest BCUT2D eigenvalue weighted by Crippen LogP contribution is 2.20. The first-order chi connectivity index (χ1) is 9.56. The minimum atomic E-state index is -0.481. The van der Waals surface area contributed by atoms with E-state index in [0.717, 1.165) is 16.9 Å². The van der Waals surface area contributed by atoms with Gasteiger partial charge in [-0.15, -0.1) is 0 Å². The number of amides is 1. The molecule has 4 N–H and O–H groups in total. The minimum absolute atomic E-state index is 0.152. The zero-order valence-corrected chi connectivity index (χ0v) is 11.8. The van der Waals surface area contributed by atoms with Gasteiger partial charge in [-0.3, -0.25) is 9.89 Å². The number of aromatic nitrogens is 2. The molecular weight excluding hydrogens is 252 g/mol. The van der Waals surface area contributed by atoms with Gasteiger partial charge in [0.15, 0.2) is 0 Å². The van der Waals surface area contributed by atoms with E-state index in [0.29, 0.717) is 12.3 Å². The molecule has 0 fully saturated rings. The Labute approximate surface area is 118 Å². The first kappa shape index (κ1) is 14.3. The number of H-pyrrole nitrogens is 1. The van der Waals surface area contributed by atoms with Crippen LogP contribution in [0.15, 0.2) is 36.5 Å². The van der Waals surface area contributed by atoms with Gasteiger partial charge < -0.3 is 11.1 Å². The molecule has 0 radical (unpaired) electrons. The number of hydrogen-bond acceptors (Lipinski definition) is 3. The molecule has 0 aliphatic heterocycles. The number of aromatic amines is 1. The first-order valence-corrected chi connectivity index (χ1v) is 6.72. The molecular formula is C15H20N4O. The maximum absolute atomic E-state index is 12.0. The van der Waals surface area contributed by atoms with Gasteiger partial charge in [-0.25, -0.2) is 0 Å². The van der Waals surface area contributed by atoms with Crippen LogP contribution in [0.2, 0.25) is 0 Å². The number of benzene rings is 1. The Hall–Kier alpha value is -2.14. The molecule has 5 heteroatoms. The van der Waals surface area contributed by atoms with Gasteiger partial charge in [0, 0.05) is 17.4 Å². The van der Waals surface area contributed by atoms with Crippen LogP contribution in [0.4, 0.5) is 5.69 Å². The van der Waals surface area contributed by atoms with Crippen molar-refractivity contribution in [2.24, 2.45) is 11.7 Å². The molecule has 20 heavy (non-hydrogen) atoms. The molecule has 1 amide bonds. The summed E-state index contributed by atoms with van der Waals surface area (Å²) in [5, 5.41) is 9.66. The van der Waals surface area contributed by atoms with Crippen molar-refractivity contribution in [2.45, 2.75) is 26.3 Å². The zero-order valence-electron chi connectivity index (χ0n) is 11.8. The number of nitrogens with two attached hydrogens (primary N) is 1. The van der Waals surface area contributed by atoms with Crippen LogP contribution in [0.3, 0.4) is 0 Å². The summed E-state index contributed by atoms with van der Waals surface area (Å²) in [6, 6.07) is 8.99. The summed E-state index contributed by atoms with van der Waals surface area (Å²) in [4.78, 5) is 12.0. The van der Waals surface area contributed by atoms with Crippen LogP contribution in [-0.2, 0) is 4.79 Å². The third kappa shape index (κ3) is 3.68. The highest BCUT2D eigenvalue weighted by molar-refractivity contribution is 5.95. The highest BCUT2D eigenvalue weighted by Gasteiger charge is 2.15. The summed E-state index contributed by atoms with van der Waals surface area (Å²) in [6.45, 7) is 4.10. The van der Waals surface area contributed by atoms with E-state index in [2.05, 4.69) is 15.5 Å². The number of nitrogens with zero attached hydrogens (tertiary/aromatic N) is 1. The quantitative estimate of drug-likeness (QED) is 0.781. The van der Waals surface area contributed by atoms with Crippen LogP contribution >= 0.6 is 0 Å². The van der Waals surface area contributed by atoms with Gasteiger partial charge in [0.25, 0.3) is 0 Å². The SMILES string of the molecule is CC(C)C[C@H](N)C(=O)Nc1cccc(-c2ccn[nH]2)c1. The van der Waals surface area contributed by atoms with Gasteiger partial charge in [-0.1, -0.05) is 26.0 Å². The predicted octanol–water partition coefficient (Wildman–Crippen LogP) is 2.39. The molecule has 0 unspecified atom stereocenters. The Balaban J connectivity index is 2.07. The van der Waals surface area contributed by atoms with E-state index in [1.54, 1.807) is 6.20 Å². The number of hydrogen-bond donors (Lipinski definition) is 3. The molecule has 5 nitrogen and oxygen atoms in total. The molecule has 0 aliphatic rings. The molecule has 1 aromatic heterocycles. The molecule has 0 bridgehead atoms. The number of carbonyl (C=O) groups is 1. The lowest BCUT2D eigenvalue weighted by molar-refractivity contribution is -0.117. The molecule has 0 saturated carbocycles. The molecule has 106 valence electrons. The van der Waals surface area contributed by atoms with Crippen molar-refractivity contribution in [3.05, 3.63) is 36.5 Å². The predicted molar refractivity (Wildman–Crippen MR) is 80.1 cm³/mol. The second-order valence-corrected chi connectivity index (χ2v) is 5.28. The van der Waals surface area contributed by atoms with Crippen LogP contribution in [-0.4, -0.2) is 22.1 Å². The zero-order chi connectivity index (χ0) is 14.5. The number of anilines is 1. The number of rotatable bonds is 5. The Morgan fingerprint density at radius 3 is 2.85 bits per heavy atom. The molecule has 0 saturated heterocycles. The van der Waals surface area contributed by atoms with Gasteiger partial charge in [0.2, 0.25) is 5.91 Å². The minimum Gasteiger partial charge on any atom is -0.325 e. The largest absolute Gasteiger partial charge is 0.325 e. The van der Waals surface area contributed by atoms with Gasteiger partial charge in [0.05, 0.1) is 11.7 Å². The number of carbonyl (C=O) groups excluding carboxylic acids is 1. The summed E-state index contributed by atoms with van der Waals surface area (Å²) in [6.07, 6.45) is 2.37. The summed E-state index contributed by atoms with van der Waals surface area (Å²) in [5.74, 6) is 0.243. The lowest BCUT2D eigenvalue weighted by Gasteiger charge is -2.14. The molecule has 0 spiro atoms. The van der Waals surface area contributed by atoms with E-state index in [4.69, 9.17) is 5.73 Å². The monoisotopic (exact) mass is 272 g/mol. The van der Waals surface area contributed by atoms with Crippen molar-refractivity contribution in [1.82, 2.24) is 10.2 Å². The van der Waals surface area contributed by atoms with Crippen LogP contribution < -0.4 is 11.1 Å². The topological polar surface area (TPSA) is 83.8 Å². The van der Waals surface area contributed by atoms with Crippen molar-refractivity contribution >= 4 is 11.6 Å². The van der Waals surface area contributed by atoms with Crippen LogP contribution in [0, 0.1) is 5.92 Å². The maximum atomic E-state index is 12.0. The Morgan fingerprint density at radius 2 is 2.20 bits per heavy atom. The number of nitrogens with one attached hydrogen (secondary N) is 2. The summed E-state index contributed by atoms with van der Waals surface area (Å²) in [7, 11) is 0. The van der Waals surface area contributed by atoms with Gasteiger partial charge >= 0.3 is 0 Å². The van der Waals surface area contributed by atoms with E-state index < -0.39 is 6.04 Å². The van der Waals surface area contributed by atoms with E-state index in [9.17, 15) is 4.79 Å². The second-order valence-electron chi connectivity index (χ2n) is 5.28. The lowest BCUT2D eigenvalue weighted by Crippen LogP contribution is -2.36. The smallest absolute Gasteiger partial charge is 0.241 e. The van der Waals surface area contributed by atoms with Crippen molar-refractivity contribution in [1.29, 1.82) is 0 Å². The van der Waals surface area contributed by atoms with Crippen molar-refractivity contribution < 1.29 is 4.79 Å². The van der Waals surface area contributed by atoms with E-state index in [-0.39, 0.29) is 5.91 Å². The lowest BCUT2D eigenvalue weighted by atomic mass is 10.0. The fourth-order valence-electron chi connectivity index (χ4n) is 2.03. The molecule has 1 atom stereocenters. The second kappa shape index (κ2) is 6.34. The summed E-state index contributed by atoms with van der Waals surface area (Å²) in [5.41, 5.74) is 8.49. The Bertz CT molecular complexity index is 563. The molecule has 1 heterocycles. The third-order valence-corrected chi connectivity index (χ3v) is 3.00. The Morgan fingerprint density at radius 1 is 1.40 bits per heavy atom. The maximum Gasteiger partial charge on any atom is 0.241 e. The normalized spacial score (nSPS) is 12.4. The molecule has 2 rings (SSSR count). The standard InChI is InChI=1S/C15H20N4O/c1-10(2)8-13(16)15(20)18-12-5-3-4-11(9-12)14-6-7-17-19-14/h3-7,9-10,13H,8,16H2,1-2H3,(H,17,19)(H,18,20)/t13-/m0/s1. The van der Waals surface area contributed by atoms with Crippen LogP contribution in [0.5, 0.6) is 0 Å². The Kier molecular flexibility index (Phi) is 4.53. The van der Waals surface area contributed by atoms with Gasteiger partial charge in [-0.2, -0.15) is 5.10 Å². The fraction of sp³-hybridized carbons (Fsp3) is 0.333. The highest BCUT2D eigenvalue weighted by atomic mass is 16.2. The molecule has 2 aromatic rings. The van der Waals surface area contributed by atoms with Crippen molar-refractivity contribution in [3.63, 3.8) is 0 Å². The molecule has 1 aromatic carbocycles. The third-order valence-electron chi connectivity index (χ3n) is 3.00. The van der Waals surface area contributed by atoms with Gasteiger partial charge in [-0.05, 0) is 30.5 Å².